The van der Waals surface area contributed by atoms with Crippen molar-refractivity contribution >= 4 is 11.4 Å². The minimum Gasteiger partial charge on any atom is -0.318 e. The summed E-state index contributed by atoms with van der Waals surface area (Å²) in [5.74, 6) is 5.31. The van der Waals surface area contributed by atoms with Crippen LogP contribution in [0.5, 0.6) is 0 Å². The van der Waals surface area contributed by atoms with Gasteiger partial charge in [0.05, 0.1) is 4.92 Å². The molecule has 1 rings (SSSR count). The molecule has 18 heavy (non-hydrogen) atoms. The SMILES string of the molecule is CCN(Cc1ccc([N+](=O)[O-])c(NN)c1)C(C)C. The van der Waals surface area contributed by atoms with Crippen molar-refractivity contribution in [2.24, 2.45) is 5.84 Å². The summed E-state index contributed by atoms with van der Waals surface area (Å²) in [6.45, 7) is 8.02. The number of nitro groups is 1. The predicted molar refractivity (Wildman–Crippen MR) is 72.1 cm³/mol. The maximum Gasteiger partial charge on any atom is 0.293 e. The average Bonchev–Trinajstić information content (AvgIpc) is 2.34. The number of hydrogen-bond acceptors (Lipinski definition) is 5. The molecule has 0 atom stereocenters. The molecule has 0 aliphatic heterocycles. The van der Waals surface area contributed by atoms with Crippen LogP contribution >= 0.6 is 0 Å². The van der Waals surface area contributed by atoms with Gasteiger partial charge in [0, 0.05) is 18.7 Å². The van der Waals surface area contributed by atoms with Crippen molar-refractivity contribution in [1.29, 1.82) is 0 Å². The van der Waals surface area contributed by atoms with E-state index >= 15 is 0 Å². The Morgan fingerprint density at radius 2 is 2.17 bits per heavy atom. The van der Waals surface area contributed by atoms with Crippen molar-refractivity contribution in [3.63, 3.8) is 0 Å². The van der Waals surface area contributed by atoms with Crippen molar-refractivity contribution in [3.8, 4) is 0 Å². The van der Waals surface area contributed by atoms with Crippen LogP contribution in [0.4, 0.5) is 11.4 Å². The second-order valence-corrected chi connectivity index (χ2v) is 4.41. The third-order valence-electron chi connectivity index (χ3n) is 2.94. The molecule has 1 aromatic carbocycles. The summed E-state index contributed by atoms with van der Waals surface area (Å²) in [6, 6.07) is 5.41. The first-order valence-electron chi connectivity index (χ1n) is 5.97. The Hall–Kier alpha value is -1.66. The fraction of sp³-hybridized carbons (Fsp3) is 0.500. The zero-order chi connectivity index (χ0) is 13.7. The predicted octanol–water partition coefficient (Wildman–Crippen LogP) is 2.11. The summed E-state index contributed by atoms with van der Waals surface area (Å²) in [4.78, 5) is 12.6. The van der Waals surface area contributed by atoms with Gasteiger partial charge < -0.3 is 5.43 Å². The first-order valence-corrected chi connectivity index (χ1v) is 5.97. The third-order valence-corrected chi connectivity index (χ3v) is 2.94. The summed E-state index contributed by atoms with van der Waals surface area (Å²) in [6.07, 6.45) is 0. The van der Waals surface area contributed by atoms with Gasteiger partial charge >= 0.3 is 0 Å². The van der Waals surface area contributed by atoms with E-state index in [-0.39, 0.29) is 5.69 Å². The maximum absolute atomic E-state index is 10.8. The molecule has 0 saturated heterocycles. The smallest absolute Gasteiger partial charge is 0.293 e. The van der Waals surface area contributed by atoms with Crippen molar-refractivity contribution in [1.82, 2.24) is 4.90 Å². The van der Waals surface area contributed by atoms with Crippen molar-refractivity contribution in [2.75, 3.05) is 12.0 Å². The second kappa shape index (κ2) is 6.32. The fourth-order valence-corrected chi connectivity index (χ4v) is 1.85. The van der Waals surface area contributed by atoms with Crippen LogP contribution in [0.2, 0.25) is 0 Å². The van der Waals surface area contributed by atoms with Crippen LogP contribution in [-0.2, 0) is 6.54 Å². The topological polar surface area (TPSA) is 84.4 Å². The lowest BCUT2D eigenvalue weighted by Gasteiger charge is -2.24. The normalized spacial score (nSPS) is 11.0. The molecule has 0 saturated carbocycles. The van der Waals surface area contributed by atoms with Gasteiger partial charge in [-0.2, -0.15) is 0 Å². The molecule has 0 aromatic heterocycles. The second-order valence-electron chi connectivity index (χ2n) is 4.41. The lowest BCUT2D eigenvalue weighted by molar-refractivity contribution is -0.384. The standard InChI is InChI=1S/C12H20N4O2/c1-4-15(9(2)3)8-10-5-6-12(16(17)18)11(7-10)14-13/h5-7,9,14H,4,8,13H2,1-3H3. The molecule has 0 aliphatic carbocycles. The molecule has 6 nitrogen and oxygen atoms in total. The van der Waals surface area contributed by atoms with Gasteiger partial charge in [0.25, 0.3) is 5.69 Å². The Morgan fingerprint density at radius 1 is 1.50 bits per heavy atom. The highest BCUT2D eigenvalue weighted by Gasteiger charge is 2.15. The molecule has 100 valence electrons. The first kappa shape index (κ1) is 14.4. The molecule has 0 aliphatic rings. The number of rotatable bonds is 6. The molecule has 0 spiro atoms. The third kappa shape index (κ3) is 3.41. The number of nitrogen functional groups attached to an aromatic ring is 1. The van der Waals surface area contributed by atoms with E-state index in [4.69, 9.17) is 5.84 Å². The van der Waals surface area contributed by atoms with Crippen LogP contribution in [-0.4, -0.2) is 22.4 Å². The molecule has 0 heterocycles. The van der Waals surface area contributed by atoms with Crippen molar-refractivity contribution in [3.05, 3.63) is 33.9 Å². The lowest BCUT2D eigenvalue weighted by Crippen LogP contribution is -2.30. The minimum absolute atomic E-state index is 0.00570. The zero-order valence-corrected chi connectivity index (χ0v) is 11.0. The van der Waals surface area contributed by atoms with Gasteiger partial charge in [-0.3, -0.25) is 20.9 Å². The number of anilines is 1. The summed E-state index contributed by atoms with van der Waals surface area (Å²) in [5, 5.41) is 10.8. The number of hydrazine groups is 1. The fourth-order valence-electron chi connectivity index (χ4n) is 1.85. The number of hydrogen-bond donors (Lipinski definition) is 2. The van der Waals surface area contributed by atoms with E-state index in [1.54, 1.807) is 12.1 Å². The highest BCUT2D eigenvalue weighted by Crippen LogP contribution is 2.25. The van der Waals surface area contributed by atoms with Gasteiger partial charge in [-0.25, -0.2) is 0 Å². The van der Waals surface area contributed by atoms with Crippen LogP contribution in [0.3, 0.4) is 0 Å². The Kier molecular flexibility index (Phi) is 5.06. The van der Waals surface area contributed by atoms with Crippen LogP contribution in [0.1, 0.15) is 26.3 Å². The summed E-state index contributed by atoms with van der Waals surface area (Å²) in [7, 11) is 0. The van der Waals surface area contributed by atoms with Gasteiger partial charge in [-0.15, -0.1) is 0 Å². The van der Waals surface area contributed by atoms with Crippen molar-refractivity contribution < 1.29 is 4.92 Å². The van der Waals surface area contributed by atoms with Gasteiger partial charge in [-0.1, -0.05) is 13.0 Å². The number of nitrogens with zero attached hydrogens (tertiary/aromatic N) is 2. The first-order chi connectivity index (χ1) is 8.49. The van der Waals surface area contributed by atoms with E-state index in [1.807, 2.05) is 0 Å². The Labute approximate surface area is 107 Å². The molecule has 1 aromatic rings. The Bertz CT molecular complexity index is 421. The molecule has 0 amide bonds. The van der Waals surface area contributed by atoms with E-state index in [2.05, 4.69) is 31.1 Å². The monoisotopic (exact) mass is 252 g/mol. The van der Waals surface area contributed by atoms with Crippen molar-refractivity contribution in [2.45, 2.75) is 33.4 Å². The highest BCUT2D eigenvalue weighted by atomic mass is 16.6. The van der Waals surface area contributed by atoms with Gasteiger partial charge in [0.15, 0.2) is 0 Å². The molecular formula is C12H20N4O2. The summed E-state index contributed by atoms with van der Waals surface area (Å²) < 4.78 is 0. The Balaban J connectivity index is 2.95. The summed E-state index contributed by atoms with van der Waals surface area (Å²) in [5.41, 5.74) is 3.72. The molecule has 0 fully saturated rings. The Morgan fingerprint density at radius 3 is 2.61 bits per heavy atom. The zero-order valence-electron chi connectivity index (χ0n) is 11.0. The largest absolute Gasteiger partial charge is 0.318 e. The van der Waals surface area contributed by atoms with Gasteiger partial charge in [0.1, 0.15) is 5.69 Å². The molecule has 0 bridgehead atoms. The number of benzene rings is 1. The number of nitrogens with two attached hydrogens (primary N) is 1. The van der Waals surface area contributed by atoms with Crippen LogP contribution < -0.4 is 11.3 Å². The van der Waals surface area contributed by atoms with E-state index in [0.29, 0.717) is 11.7 Å². The van der Waals surface area contributed by atoms with E-state index in [0.717, 1.165) is 18.7 Å². The average molecular weight is 252 g/mol. The minimum atomic E-state index is -0.445. The highest BCUT2D eigenvalue weighted by molar-refractivity contribution is 5.62. The molecule has 6 heteroatoms. The van der Waals surface area contributed by atoms with E-state index in [1.165, 1.54) is 6.07 Å². The molecule has 3 N–H and O–H groups in total. The quantitative estimate of drug-likeness (QED) is 0.460. The van der Waals surface area contributed by atoms with Crippen LogP contribution in [0.15, 0.2) is 18.2 Å². The number of nitro benzene ring substituents is 1. The van der Waals surface area contributed by atoms with Crippen LogP contribution in [0.25, 0.3) is 0 Å². The molecular weight excluding hydrogens is 232 g/mol. The summed E-state index contributed by atoms with van der Waals surface area (Å²) >= 11 is 0. The number of nitrogens with one attached hydrogen (secondary N) is 1. The van der Waals surface area contributed by atoms with Gasteiger partial charge in [0.2, 0.25) is 0 Å². The maximum atomic E-state index is 10.8. The lowest BCUT2D eigenvalue weighted by atomic mass is 10.1. The van der Waals surface area contributed by atoms with Gasteiger partial charge in [-0.05, 0) is 32.0 Å². The van der Waals surface area contributed by atoms with E-state index < -0.39 is 4.92 Å². The molecule has 0 unspecified atom stereocenters. The molecule has 0 radical (unpaired) electrons. The van der Waals surface area contributed by atoms with Crippen LogP contribution in [0, 0.1) is 10.1 Å². The van der Waals surface area contributed by atoms with E-state index in [9.17, 15) is 10.1 Å².